The van der Waals surface area contributed by atoms with Crippen molar-refractivity contribution in [3.63, 3.8) is 0 Å². The average molecular weight is 484 g/mol. The number of benzene rings is 2. The van der Waals surface area contributed by atoms with Crippen LogP contribution in [0.15, 0.2) is 52.1 Å². The highest BCUT2D eigenvalue weighted by Gasteiger charge is 2.26. The summed E-state index contributed by atoms with van der Waals surface area (Å²) in [5.41, 5.74) is 1.15. The number of hydrogen-bond acceptors (Lipinski definition) is 6. The molecule has 1 aliphatic rings. The first-order valence-electron chi connectivity index (χ1n) is 10.5. The summed E-state index contributed by atoms with van der Waals surface area (Å²) in [7, 11) is 0. The number of nitrogens with zero attached hydrogens (tertiary/aromatic N) is 3. The summed E-state index contributed by atoms with van der Waals surface area (Å²) in [4.78, 5) is 53.5. The van der Waals surface area contributed by atoms with E-state index >= 15 is 0 Å². The normalized spacial score (nSPS) is 14.3. The number of hydrogen-bond donors (Lipinski definition) is 3. The fraction of sp³-hybridized carbons (Fsp3) is 0.261. The van der Waals surface area contributed by atoms with Gasteiger partial charge in [-0.05, 0) is 49.2 Å². The molecule has 11 heteroatoms. The van der Waals surface area contributed by atoms with Crippen molar-refractivity contribution in [1.82, 2.24) is 14.1 Å². The number of aliphatic carboxylic acids is 1. The van der Waals surface area contributed by atoms with Crippen LogP contribution in [-0.2, 0) is 22.6 Å². The Hall–Kier alpha value is -3.92. The molecule has 0 saturated carbocycles. The number of nitrogens with one attached hydrogen (secondary N) is 2. The summed E-state index contributed by atoms with van der Waals surface area (Å²) >= 11 is 5.97. The van der Waals surface area contributed by atoms with E-state index in [4.69, 9.17) is 11.6 Å². The van der Waals surface area contributed by atoms with Crippen molar-refractivity contribution >= 4 is 40.8 Å². The van der Waals surface area contributed by atoms with Crippen LogP contribution < -0.4 is 22.0 Å². The number of fused-ring (bicyclic) bond motifs is 1. The van der Waals surface area contributed by atoms with E-state index in [1.165, 1.54) is 18.4 Å². The van der Waals surface area contributed by atoms with E-state index in [0.29, 0.717) is 16.4 Å². The number of halogens is 1. The monoisotopic (exact) mass is 483 g/mol. The molecule has 3 N–H and O–H groups in total. The molecule has 0 fully saturated rings. The zero-order chi connectivity index (χ0) is 24.6. The number of carboxylic acid groups (broad SMARTS) is 1. The van der Waals surface area contributed by atoms with Gasteiger partial charge in [-0.3, -0.25) is 14.2 Å². The number of anilines is 3. The summed E-state index contributed by atoms with van der Waals surface area (Å²) < 4.78 is 2.12. The summed E-state index contributed by atoms with van der Waals surface area (Å²) in [5, 5.41) is 15.6. The Kier molecular flexibility index (Phi) is 6.25. The molecule has 0 aliphatic carbocycles. The highest BCUT2D eigenvalue weighted by Crippen LogP contribution is 2.27. The first-order valence-corrected chi connectivity index (χ1v) is 10.9. The van der Waals surface area contributed by atoms with Gasteiger partial charge in [0, 0.05) is 16.4 Å². The molecule has 34 heavy (non-hydrogen) atoms. The van der Waals surface area contributed by atoms with Crippen LogP contribution in [0.25, 0.3) is 0 Å². The topological polar surface area (TPSA) is 135 Å². The number of carboxylic acids is 1. The quantitative estimate of drug-likeness (QED) is 0.470. The predicted molar refractivity (Wildman–Crippen MR) is 127 cm³/mol. The van der Waals surface area contributed by atoms with E-state index in [1.807, 2.05) is 0 Å². The molecule has 1 aliphatic heterocycles. The van der Waals surface area contributed by atoms with E-state index < -0.39 is 29.3 Å². The van der Waals surface area contributed by atoms with Gasteiger partial charge in [-0.2, -0.15) is 4.98 Å². The summed E-state index contributed by atoms with van der Waals surface area (Å²) in [6.45, 7) is 2.97. The van der Waals surface area contributed by atoms with E-state index in [0.717, 1.165) is 15.7 Å². The molecule has 0 unspecified atom stereocenters. The van der Waals surface area contributed by atoms with E-state index in [1.54, 1.807) is 42.5 Å². The van der Waals surface area contributed by atoms with Crippen molar-refractivity contribution in [3.05, 3.63) is 79.6 Å². The first kappa shape index (κ1) is 23.2. The Labute approximate surface area is 198 Å². The lowest BCUT2D eigenvalue weighted by Crippen LogP contribution is -2.46. The number of amides is 1. The zero-order valence-corrected chi connectivity index (χ0v) is 19.2. The van der Waals surface area contributed by atoms with Crippen molar-refractivity contribution in [2.24, 2.45) is 5.92 Å². The van der Waals surface area contributed by atoms with Crippen molar-refractivity contribution in [2.75, 3.05) is 10.6 Å². The van der Waals surface area contributed by atoms with Gasteiger partial charge in [0.1, 0.15) is 0 Å². The lowest BCUT2D eigenvalue weighted by Gasteiger charge is -2.21. The molecule has 176 valence electrons. The Balaban J connectivity index is 1.80. The van der Waals surface area contributed by atoms with Crippen LogP contribution in [0.5, 0.6) is 0 Å². The molecular weight excluding hydrogens is 462 g/mol. The molecule has 1 aromatic heterocycles. The highest BCUT2D eigenvalue weighted by atomic mass is 35.5. The van der Waals surface area contributed by atoms with Gasteiger partial charge in [0.15, 0.2) is 0 Å². The fourth-order valence-corrected chi connectivity index (χ4v) is 3.84. The second-order valence-corrected chi connectivity index (χ2v) is 8.61. The molecule has 1 amide bonds. The average Bonchev–Trinajstić information content (AvgIpc) is 3.16. The van der Waals surface area contributed by atoms with Crippen molar-refractivity contribution < 1.29 is 14.7 Å². The molecule has 2 aromatic carbocycles. The van der Waals surface area contributed by atoms with Crippen LogP contribution >= 0.6 is 11.6 Å². The number of rotatable bonds is 7. The van der Waals surface area contributed by atoms with Crippen LogP contribution in [0.3, 0.4) is 0 Å². The zero-order valence-electron chi connectivity index (χ0n) is 18.4. The maximum Gasteiger partial charge on any atom is 0.355 e. The van der Waals surface area contributed by atoms with Crippen LogP contribution in [-0.4, -0.2) is 31.1 Å². The van der Waals surface area contributed by atoms with E-state index in [-0.39, 0.29) is 24.8 Å². The number of aromatic nitrogens is 3. The molecule has 10 nitrogen and oxygen atoms in total. The Morgan fingerprint density at radius 2 is 1.88 bits per heavy atom. The van der Waals surface area contributed by atoms with E-state index in [2.05, 4.69) is 15.6 Å². The summed E-state index contributed by atoms with van der Waals surface area (Å²) in [5.74, 6) is -2.25. The van der Waals surface area contributed by atoms with Gasteiger partial charge in [0.25, 0.3) is 0 Å². The third-order valence-electron chi connectivity index (χ3n) is 5.87. The Morgan fingerprint density at radius 3 is 2.56 bits per heavy atom. The SMILES string of the molecule is C[C@@H](C(=O)O)[C@H](C)n1c(=O)nc(Nc2ccc3c(c2)NC(=O)C3)n(Cc2ccc(Cl)cc2)c1=O. The van der Waals surface area contributed by atoms with Gasteiger partial charge in [-0.15, -0.1) is 0 Å². The van der Waals surface area contributed by atoms with Gasteiger partial charge in [-0.1, -0.05) is 29.8 Å². The largest absolute Gasteiger partial charge is 0.481 e. The Morgan fingerprint density at radius 1 is 1.18 bits per heavy atom. The van der Waals surface area contributed by atoms with Crippen LogP contribution in [0.1, 0.15) is 31.0 Å². The molecule has 0 saturated heterocycles. The molecule has 0 radical (unpaired) electrons. The van der Waals surface area contributed by atoms with Crippen molar-refractivity contribution in [1.29, 1.82) is 0 Å². The molecule has 0 spiro atoms. The standard InChI is InChI=1S/C23H22ClN5O5/c1-12(20(31)32)13(2)29-22(33)27-21(25-17-8-5-15-9-19(30)26-18(15)10-17)28(23(29)34)11-14-3-6-16(24)7-4-14/h3-8,10,12-13H,9,11H2,1-2H3,(H,26,30)(H,31,32)(H,25,27,33)/t12-,13+/m1/s1. The smallest absolute Gasteiger partial charge is 0.355 e. The minimum Gasteiger partial charge on any atom is -0.481 e. The lowest BCUT2D eigenvalue weighted by molar-refractivity contribution is -0.142. The third kappa shape index (κ3) is 4.58. The molecule has 3 aromatic rings. The predicted octanol–water partition coefficient (Wildman–Crippen LogP) is 2.63. The minimum atomic E-state index is -1.13. The lowest BCUT2D eigenvalue weighted by atomic mass is 10.0. The van der Waals surface area contributed by atoms with Crippen LogP contribution in [0.4, 0.5) is 17.3 Å². The number of carbonyl (C=O) groups excluding carboxylic acids is 1. The van der Waals surface area contributed by atoms with Crippen molar-refractivity contribution in [2.45, 2.75) is 32.9 Å². The molecule has 4 rings (SSSR count). The molecular formula is C23H22ClN5O5. The first-order chi connectivity index (χ1) is 16.1. The Bertz CT molecular complexity index is 1400. The van der Waals surface area contributed by atoms with Crippen molar-refractivity contribution in [3.8, 4) is 0 Å². The summed E-state index contributed by atoms with van der Waals surface area (Å²) in [6, 6.07) is 11.1. The highest BCUT2D eigenvalue weighted by molar-refractivity contribution is 6.30. The van der Waals surface area contributed by atoms with Gasteiger partial charge in [0.2, 0.25) is 11.9 Å². The third-order valence-corrected chi connectivity index (χ3v) is 6.12. The molecule has 2 heterocycles. The maximum atomic E-state index is 13.4. The number of carbonyl (C=O) groups is 2. The van der Waals surface area contributed by atoms with Gasteiger partial charge in [-0.25, -0.2) is 14.2 Å². The van der Waals surface area contributed by atoms with Crippen LogP contribution in [0.2, 0.25) is 5.02 Å². The van der Waals surface area contributed by atoms with Gasteiger partial charge in [0.05, 0.1) is 24.9 Å². The second kappa shape index (κ2) is 9.14. The fourth-order valence-electron chi connectivity index (χ4n) is 3.72. The molecule has 2 atom stereocenters. The molecule has 0 bridgehead atoms. The maximum absolute atomic E-state index is 13.4. The van der Waals surface area contributed by atoms with E-state index in [9.17, 15) is 24.3 Å². The van der Waals surface area contributed by atoms with Crippen LogP contribution in [0, 0.1) is 5.92 Å². The van der Waals surface area contributed by atoms with Gasteiger partial charge >= 0.3 is 17.3 Å². The van der Waals surface area contributed by atoms with Gasteiger partial charge < -0.3 is 15.7 Å². The summed E-state index contributed by atoms with van der Waals surface area (Å²) in [6.07, 6.45) is 0.283. The second-order valence-electron chi connectivity index (χ2n) is 8.17. The minimum absolute atomic E-state index is 0.0133.